The summed E-state index contributed by atoms with van der Waals surface area (Å²) in [4.78, 5) is 23.1. The molecule has 1 aromatic heterocycles. The number of aromatic carboxylic acids is 1. The van der Waals surface area contributed by atoms with E-state index in [4.69, 9.17) is 5.11 Å². The number of thiophene rings is 1. The monoisotopic (exact) mass is 423 g/mol. The van der Waals surface area contributed by atoms with Crippen LogP contribution in [0.2, 0.25) is 0 Å². The maximum absolute atomic E-state index is 12.0. The summed E-state index contributed by atoms with van der Waals surface area (Å²) in [6.45, 7) is 2.89. The Hall–Kier alpha value is -1.36. The van der Waals surface area contributed by atoms with Crippen LogP contribution in [0.4, 0.5) is 0 Å². The fourth-order valence-electron chi connectivity index (χ4n) is 3.61. The average Bonchev–Trinajstić information content (AvgIpc) is 3.20. The van der Waals surface area contributed by atoms with Crippen molar-refractivity contribution in [2.45, 2.75) is 110 Å². The second-order valence-electron chi connectivity index (χ2n) is 8.06. The summed E-state index contributed by atoms with van der Waals surface area (Å²) in [7, 11) is 0. The summed E-state index contributed by atoms with van der Waals surface area (Å²) in [5.74, 6) is -1.32. The van der Waals surface area contributed by atoms with Crippen LogP contribution in [0.25, 0.3) is 0 Å². The van der Waals surface area contributed by atoms with Crippen molar-refractivity contribution in [1.29, 1.82) is 0 Å². The number of amides is 1. The summed E-state index contributed by atoms with van der Waals surface area (Å²) in [5, 5.41) is 15.0. The van der Waals surface area contributed by atoms with Gasteiger partial charge in [-0.2, -0.15) is 11.3 Å². The maximum Gasteiger partial charge on any atom is 0.337 e. The van der Waals surface area contributed by atoms with E-state index in [1.165, 1.54) is 107 Å². The number of carbonyl (C=O) groups excluding carboxylic acids is 1. The zero-order chi connectivity index (χ0) is 21.2. The summed E-state index contributed by atoms with van der Waals surface area (Å²) in [5.41, 5.74) is 0.374. The van der Waals surface area contributed by atoms with Crippen LogP contribution in [0, 0.1) is 0 Å². The molecule has 0 unspecified atom stereocenters. The molecule has 4 nitrogen and oxygen atoms in total. The number of nitrogens with one attached hydrogen (secondary N) is 1. The van der Waals surface area contributed by atoms with Gasteiger partial charge in [-0.1, -0.05) is 103 Å². The molecular weight excluding hydrogens is 382 g/mol. The Balaban J connectivity index is 1.84. The smallest absolute Gasteiger partial charge is 0.337 e. The van der Waals surface area contributed by atoms with Crippen LogP contribution in [0.5, 0.6) is 0 Å². The van der Waals surface area contributed by atoms with Gasteiger partial charge in [0.05, 0.1) is 11.1 Å². The van der Waals surface area contributed by atoms with Gasteiger partial charge in [0.1, 0.15) is 0 Å². The molecule has 0 saturated carbocycles. The van der Waals surface area contributed by atoms with E-state index in [1.807, 2.05) is 0 Å². The van der Waals surface area contributed by atoms with E-state index in [-0.39, 0.29) is 17.0 Å². The van der Waals surface area contributed by atoms with E-state index in [9.17, 15) is 9.59 Å². The molecule has 0 aliphatic rings. The maximum atomic E-state index is 12.0. The van der Waals surface area contributed by atoms with Gasteiger partial charge in [0.15, 0.2) is 0 Å². The van der Waals surface area contributed by atoms with E-state index >= 15 is 0 Å². The van der Waals surface area contributed by atoms with Crippen LogP contribution >= 0.6 is 11.3 Å². The third-order valence-electron chi connectivity index (χ3n) is 5.45. The first-order valence-electron chi connectivity index (χ1n) is 11.7. The zero-order valence-corrected chi connectivity index (χ0v) is 19.2. The van der Waals surface area contributed by atoms with Gasteiger partial charge < -0.3 is 10.4 Å². The summed E-state index contributed by atoms with van der Waals surface area (Å²) >= 11 is 1.25. The lowest BCUT2D eigenvalue weighted by molar-refractivity contribution is 0.0691. The van der Waals surface area contributed by atoms with Crippen molar-refractivity contribution >= 4 is 23.2 Å². The molecule has 1 rings (SSSR count). The van der Waals surface area contributed by atoms with Crippen molar-refractivity contribution in [2.75, 3.05) is 6.54 Å². The van der Waals surface area contributed by atoms with Crippen molar-refractivity contribution in [3.8, 4) is 0 Å². The van der Waals surface area contributed by atoms with E-state index in [2.05, 4.69) is 12.2 Å². The van der Waals surface area contributed by atoms with Crippen molar-refractivity contribution < 1.29 is 14.7 Å². The van der Waals surface area contributed by atoms with E-state index in [0.29, 0.717) is 6.54 Å². The van der Waals surface area contributed by atoms with Gasteiger partial charge in [-0.3, -0.25) is 4.79 Å². The predicted molar refractivity (Wildman–Crippen MR) is 123 cm³/mol. The summed E-state index contributed by atoms with van der Waals surface area (Å²) in [6.07, 6.45) is 21.2. The molecule has 0 bridgehead atoms. The SMILES string of the molecule is CCCCCCCCCCCCCCCCCCNC(=O)c1cscc1C(=O)O. The van der Waals surface area contributed by atoms with Crippen LogP contribution < -0.4 is 5.32 Å². The second kappa shape index (κ2) is 17.5. The molecule has 0 aliphatic heterocycles. The molecule has 1 heterocycles. The quantitative estimate of drug-likeness (QED) is 0.227. The Kier molecular flexibility index (Phi) is 15.5. The first-order chi connectivity index (χ1) is 14.2. The van der Waals surface area contributed by atoms with E-state index < -0.39 is 5.97 Å². The molecule has 2 N–H and O–H groups in total. The minimum atomic E-state index is -1.04. The fraction of sp³-hybridized carbons (Fsp3) is 0.750. The fourth-order valence-corrected chi connectivity index (χ4v) is 4.41. The highest BCUT2D eigenvalue weighted by Crippen LogP contribution is 2.15. The highest BCUT2D eigenvalue weighted by molar-refractivity contribution is 7.08. The molecule has 29 heavy (non-hydrogen) atoms. The Morgan fingerprint density at radius 2 is 1.14 bits per heavy atom. The third-order valence-corrected chi connectivity index (χ3v) is 6.20. The molecule has 0 saturated heterocycles. The van der Waals surface area contributed by atoms with Crippen LogP contribution in [0.3, 0.4) is 0 Å². The number of unbranched alkanes of at least 4 members (excludes halogenated alkanes) is 15. The number of hydrogen-bond acceptors (Lipinski definition) is 3. The van der Waals surface area contributed by atoms with E-state index in [1.54, 1.807) is 5.38 Å². The minimum Gasteiger partial charge on any atom is -0.478 e. The topological polar surface area (TPSA) is 66.4 Å². The highest BCUT2D eigenvalue weighted by Gasteiger charge is 2.16. The van der Waals surface area contributed by atoms with Gasteiger partial charge in [-0.05, 0) is 6.42 Å². The van der Waals surface area contributed by atoms with Gasteiger partial charge in [0.25, 0.3) is 5.91 Å². The lowest BCUT2D eigenvalue weighted by atomic mass is 10.0. The largest absolute Gasteiger partial charge is 0.478 e. The standard InChI is InChI=1S/C24H41NO3S/c1-2-3-4-5-6-7-8-9-10-11-12-13-14-15-16-17-18-25-23(26)21-19-29-20-22(21)24(27)28/h19-20H,2-18H2,1H3,(H,25,26)(H,27,28). The Morgan fingerprint density at radius 1 is 0.724 bits per heavy atom. The Labute approximate surface area is 181 Å². The third kappa shape index (κ3) is 12.7. The van der Waals surface area contributed by atoms with E-state index in [0.717, 1.165) is 12.8 Å². The van der Waals surface area contributed by atoms with Crippen LogP contribution in [0.1, 0.15) is 130 Å². The summed E-state index contributed by atoms with van der Waals surface area (Å²) < 4.78 is 0. The lowest BCUT2D eigenvalue weighted by Crippen LogP contribution is -2.25. The second-order valence-corrected chi connectivity index (χ2v) is 8.81. The van der Waals surface area contributed by atoms with Crippen molar-refractivity contribution in [2.24, 2.45) is 0 Å². The zero-order valence-electron chi connectivity index (χ0n) is 18.3. The van der Waals surface area contributed by atoms with Gasteiger partial charge in [-0.25, -0.2) is 4.79 Å². The molecule has 0 fully saturated rings. The Bertz CT molecular complexity index is 556. The number of carboxylic acid groups (broad SMARTS) is 1. The first-order valence-corrected chi connectivity index (χ1v) is 12.7. The molecule has 0 radical (unpaired) electrons. The van der Waals surface area contributed by atoms with Crippen molar-refractivity contribution in [3.05, 3.63) is 21.9 Å². The van der Waals surface area contributed by atoms with Gasteiger partial charge in [0.2, 0.25) is 0 Å². The Morgan fingerprint density at radius 3 is 1.59 bits per heavy atom. The van der Waals surface area contributed by atoms with Crippen LogP contribution in [-0.4, -0.2) is 23.5 Å². The number of carboxylic acids is 1. The average molecular weight is 424 g/mol. The molecule has 0 spiro atoms. The van der Waals surface area contributed by atoms with Gasteiger partial charge in [0, 0.05) is 17.3 Å². The predicted octanol–water partition coefficient (Wildman–Crippen LogP) is 7.44. The number of rotatable bonds is 19. The van der Waals surface area contributed by atoms with Crippen molar-refractivity contribution in [3.63, 3.8) is 0 Å². The number of hydrogen-bond donors (Lipinski definition) is 2. The van der Waals surface area contributed by atoms with Gasteiger partial charge in [-0.15, -0.1) is 0 Å². The van der Waals surface area contributed by atoms with Gasteiger partial charge >= 0.3 is 5.97 Å². The van der Waals surface area contributed by atoms with Crippen LogP contribution in [-0.2, 0) is 0 Å². The molecular formula is C24H41NO3S. The van der Waals surface area contributed by atoms with Crippen molar-refractivity contribution in [1.82, 2.24) is 5.32 Å². The lowest BCUT2D eigenvalue weighted by Gasteiger charge is -2.05. The normalized spacial score (nSPS) is 10.9. The molecule has 0 atom stereocenters. The van der Waals surface area contributed by atoms with Crippen LogP contribution in [0.15, 0.2) is 10.8 Å². The number of carbonyl (C=O) groups is 2. The molecule has 5 heteroatoms. The molecule has 0 aromatic carbocycles. The first kappa shape index (κ1) is 25.7. The molecule has 0 aliphatic carbocycles. The molecule has 166 valence electrons. The molecule has 1 amide bonds. The highest BCUT2D eigenvalue weighted by atomic mass is 32.1. The minimum absolute atomic E-state index is 0.0967. The molecule has 1 aromatic rings. The summed E-state index contributed by atoms with van der Waals surface area (Å²) in [6, 6.07) is 0.